The average Bonchev–Trinajstić information content (AvgIpc) is 3.56. The minimum absolute atomic E-state index is 0.0180. The number of carbonyl (C=O) groups excluding carboxylic acids is 5. The van der Waals surface area contributed by atoms with Gasteiger partial charge in [0, 0.05) is 35.2 Å². The number of aliphatic hydroxyl groups is 1. The zero-order valence-corrected chi connectivity index (χ0v) is 33.0. The van der Waals surface area contributed by atoms with Gasteiger partial charge in [-0.2, -0.15) is 0 Å². The fourth-order valence-electron chi connectivity index (χ4n) is 8.09. The van der Waals surface area contributed by atoms with E-state index in [1.165, 1.54) is 24.5 Å². The topological polar surface area (TPSA) is 207 Å². The first-order valence-electron chi connectivity index (χ1n) is 19.2. The highest BCUT2D eigenvalue weighted by Crippen LogP contribution is 2.46. The Hall–Kier alpha value is -6.16. The molecule has 58 heavy (non-hydrogen) atoms. The molecule has 15 nitrogen and oxygen atoms in total. The second kappa shape index (κ2) is 15.3. The summed E-state index contributed by atoms with van der Waals surface area (Å²) in [5.74, 6) is -2.76. The fraction of sp³-hybridized carbons (Fsp3) is 0.405. The van der Waals surface area contributed by atoms with Crippen molar-refractivity contribution in [2.75, 3.05) is 5.32 Å². The number of benzene rings is 2. The molecule has 5 N–H and O–H groups in total. The van der Waals surface area contributed by atoms with E-state index in [2.05, 4.69) is 21.3 Å². The predicted octanol–water partition coefficient (Wildman–Crippen LogP) is 4.04. The van der Waals surface area contributed by atoms with Crippen LogP contribution in [0, 0.1) is 18.7 Å². The standard InChI is InChI=1S/C42H45FN6O9/c1-7-42(56)28-14-32-36-26(16-49(32)39(53)27(28)18-57-40(42)54)34-30(13-12-25-20(4)29(43)15-31(47-36)33(25)34)48-41(55)58-17-23-8-10-24(11-9-23)46-37(51)21(5)44-38(52)35(19(2)3)45-22(6)50/h8-11,14-15,19,21,30,35,56H,7,12-13,16-18H2,1-6H3,(H,44,52)(H,45,50)(H,46,51)(H,48,55)/t21-,30?,35-,42-/m0/s1. The zero-order valence-electron chi connectivity index (χ0n) is 33.0. The molecule has 4 heterocycles. The first-order valence-corrected chi connectivity index (χ1v) is 19.2. The summed E-state index contributed by atoms with van der Waals surface area (Å²) >= 11 is 0. The lowest BCUT2D eigenvalue weighted by molar-refractivity contribution is -0.172. The number of hydrogen-bond acceptors (Lipinski definition) is 10. The molecule has 2 aromatic carbocycles. The van der Waals surface area contributed by atoms with E-state index >= 15 is 4.39 Å². The highest BCUT2D eigenvalue weighted by molar-refractivity contribution is 5.98. The van der Waals surface area contributed by atoms with Crippen LogP contribution in [0.3, 0.4) is 0 Å². The second-order valence-corrected chi connectivity index (χ2v) is 15.5. The first kappa shape index (κ1) is 40.1. The monoisotopic (exact) mass is 796 g/mol. The second-order valence-electron chi connectivity index (χ2n) is 15.5. The van der Waals surface area contributed by atoms with Crippen molar-refractivity contribution in [3.63, 3.8) is 0 Å². The van der Waals surface area contributed by atoms with Gasteiger partial charge in [-0.3, -0.25) is 19.2 Å². The number of anilines is 1. The third-order valence-corrected chi connectivity index (χ3v) is 11.3. The molecule has 16 heteroatoms. The number of nitrogens with one attached hydrogen (secondary N) is 4. The molecule has 0 saturated heterocycles. The van der Waals surface area contributed by atoms with E-state index < -0.39 is 59.0 Å². The van der Waals surface area contributed by atoms with Crippen molar-refractivity contribution in [3.8, 4) is 11.4 Å². The third-order valence-electron chi connectivity index (χ3n) is 11.3. The van der Waals surface area contributed by atoms with Gasteiger partial charge in [-0.25, -0.2) is 19.0 Å². The number of ether oxygens (including phenoxy) is 2. The number of halogens is 1. The van der Waals surface area contributed by atoms with Crippen molar-refractivity contribution < 1.29 is 42.9 Å². The van der Waals surface area contributed by atoms with Gasteiger partial charge in [0.2, 0.25) is 17.7 Å². The molecule has 1 unspecified atom stereocenters. The Morgan fingerprint density at radius 1 is 1.05 bits per heavy atom. The van der Waals surface area contributed by atoms with Crippen molar-refractivity contribution in [1.82, 2.24) is 25.5 Å². The van der Waals surface area contributed by atoms with Crippen LogP contribution in [-0.2, 0) is 60.4 Å². The molecular formula is C42H45FN6O9. The Labute approximate surface area is 332 Å². The van der Waals surface area contributed by atoms with Crippen molar-refractivity contribution in [1.29, 1.82) is 0 Å². The van der Waals surface area contributed by atoms with Crippen molar-refractivity contribution in [3.05, 3.63) is 91.5 Å². The quantitative estimate of drug-likeness (QED) is 0.128. The lowest BCUT2D eigenvalue weighted by atomic mass is 9.81. The van der Waals surface area contributed by atoms with Crippen LogP contribution in [-0.4, -0.2) is 56.5 Å². The van der Waals surface area contributed by atoms with Crippen molar-refractivity contribution in [2.24, 2.45) is 5.92 Å². The number of esters is 1. The molecular weight excluding hydrogens is 751 g/mol. The van der Waals surface area contributed by atoms with Crippen LogP contribution in [0.5, 0.6) is 0 Å². The minimum atomic E-state index is -2.01. The van der Waals surface area contributed by atoms with E-state index in [4.69, 9.17) is 14.5 Å². The van der Waals surface area contributed by atoms with Gasteiger partial charge >= 0.3 is 12.1 Å². The molecule has 0 bridgehead atoms. The van der Waals surface area contributed by atoms with Gasteiger partial charge in [0.25, 0.3) is 5.56 Å². The summed E-state index contributed by atoms with van der Waals surface area (Å²) in [6, 6.07) is 7.29. The maximum Gasteiger partial charge on any atom is 0.407 e. The lowest BCUT2D eigenvalue weighted by Crippen LogP contribution is -2.53. The number of alkyl carbamates (subject to hydrolysis) is 1. The molecule has 4 amide bonds. The van der Waals surface area contributed by atoms with Crippen LogP contribution in [0.25, 0.3) is 22.3 Å². The molecule has 4 aromatic rings. The number of nitrogens with zero attached hydrogens (tertiary/aromatic N) is 2. The first-order chi connectivity index (χ1) is 27.5. The predicted molar refractivity (Wildman–Crippen MR) is 209 cm³/mol. The summed E-state index contributed by atoms with van der Waals surface area (Å²) < 4.78 is 27.6. The summed E-state index contributed by atoms with van der Waals surface area (Å²) in [5, 5.41) is 23.0. The molecule has 304 valence electrons. The summed E-state index contributed by atoms with van der Waals surface area (Å²) in [6.07, 6.45) is 0.136. The lowest BCUT2D eigenvalue weighted by Gasteiger charge is -2.31. The molecule has 0 fully saturated rings. The number of carbonyl (C=O) groups is 5. The van der Waals surface area contributed by atoms with Gasteiger partial charge in [0.15, 0.2) is 5.60 Å². The number of fused-ring (bicyclic) bond motifs is 5. The van der Waals surface area contributed by atoms with E-state index in [9.17, 15) is 33.9 Å². The highest BCUT2D eigenvalue weighted by atomic mass is 19.1. The molecule has 1 aliphatic carbocycles. The van der Waals surface area contributed by atoms with Crippen LogP contribution in [0.2, 0.25) is 0 Å². The number of aromatic nitrogens is 2. The Morgan fingerprint density at radius 2 is 1.78 bits per heavy atom. The molecule has 4 atom stereocenters. The Balaban J connectivity index is 1.07. The Morgan fingerprint density at radius 3 is 2.45 bits per heavy atom. The van der Waals surface area contributed by atoms with Crippen LogP contribution in [0.1, 0.15) is 92.4 Å². The number of hydrogen-bond donors (Lipinski definition) is 5. The van der Waals surface area contributed by atoms with Gasteiger partial charge in [-0.05, 0) is 79.5 Å². The van der Waals surface area contributed by atoms with Crippen molar-refractivity contribution >= 4 is 46.4 Å². The van der Waals surface area contributed by atoms with Gasteiger partial charge in [0.1, 0.15) is 31.1 Å². The maximum atomic E-state index is 15.3. The SMILES string of the molecule is CC[C@@]1(O)C(=O)OCc2c1cc1n(c2=O)Cc2c-1nc1cc(F)c(C)c3c1c2C(NC(=O)OCc1ccc(NC(=O)[C@H](C)NC(=O)[C@@H](NC(C)=O)C(C)C)cc1)CC3. The number of cyclic esters (lactones) is 1. The molecule has 2 aliphatic heterocycles. The molecule has 3 aliphatic rings. The van der Waals surface area contributed by atoms with E-state index in [-0.39, 0.29) is 49.1 Å². The molecule has 0 spiro atoms. The van der Waals surface area contributed by atoms with Crippen LogP contribution < -0.4 is 26.8 Å². The van der Waals surface area contributed by atoms with Crippen LogP contribution in [0.15, 0.2) is 41.2 Å². The van der Waals surface area contributed by atoms with E-state index in [0.29, 0.717) is 63.1 Å². The summed E-state index contributed by atoms with van der Waals surface area (Å²) in [7, 11) is 0. The normalized spacial score (nSPS) is 18.6. The van der Waals surface area contributed by atoms with E-state index in [1.54, 1.807) is 58.0 Å². The molecule has 0 radical (unpaired) electrons. The van der Waals surface area contributed by atoms with Gasteiger partial charge in [0.05, 0.1) is 35.1 Å². The van der Waals surface area contributed by atoms with E-state index in [1.807, 2.05) is 0 Å². The zero-order chi connectivity index (χ0) is 41.8. The van der Waals surface area contributed by atoms with Crippen molar-refractivity contribution in [2.45, 2.75) is 104 Å². The van der Waals surface area contributed by atoms with Crippen LogP contribution in [0.4, 0.5) is 14.9 Å². The largest absolute Gasteiger partial charge is 0.458 e. The summed E-state index contributed by atoms with van der Waals surface area (Å²) in [5.41, 5.74) is 2.68. The summed E-state index contributed by atoms with van der Waals surface area (Å²) in [4.78, 5) is 81.9. The smallest absolute Gasteiger partial charge is 0.407 e. The van der Waals surface area contributed by atoms with Crippen LogP contribution >= 0.6 is 0 Å². The average molecular weight is 797 g/mol. The van der Waals surface area contributed by atoms with Gasteiger partial charge < -0.3 is 40.4 Å². The third kappa shape index (κ3) is 7.05. The van der Waals surface area contributed by atoms with E-state index in [0.717, 1.165) is 5.56 Å². The molecule has 0 saturated carbocycles. The molecule has 7 rings (SSSR count). The van der Waals surface area contributed by atoms with Gasteiger partial charge in [-0.1, -0.05) is 32.9 Å². The highest BCUT2D eigenvalue weighted by Gasteiger charge is 2.46. The number of rotatable bonds is 10. The molecule has 2 aromatic heterocycles. The Kier molecular flexibility index (Phi) is 10.6. The number of aryl methyl sites for hydroxylation is 1. The maximum absolute atomic E-state index is 15.3. The summed E-state index contributed by atoms with van der Waals surface area (Å²) in [6.45, 7) is 9.46. The minimum Gasteiger partial charge on any atom is -0.458 e. The van der Waals surface area contributed by atoms with Gasteiger partial charge in [-0.15, -0.1) is 0 Å². The fourth-order valence-corrected chi connectivity index (χ4v) is 8.09. The Bertz CT molecular complexity index is 2460. The number of pyridine rings is 2. The number of amides is 4.